The van der Waals surface area contributed by atoms with Crippen molar-refractivity contribution in [2.75, 3.05) is 21.1 Å². The van der Waals surface area contributed by atoms with Gasteiger partial charge in [0.05, 0.1) is 11.4 Å². The van der Waals surface area contributed by atoms with Crippen LogP contribution in [0, 0.1) is 5.92 Å². The standard InChI is InChI=1S/C19H24N2O4S/c1-13-10-17(13)18-9-8-15(25-18)12-21(4)19(22)14-6-5-7-16(11-14)26(23,24)20(2)3/h5-9,11,13,17H,10,12H2,1-4H3. The third-order valence-electron chi connectivity index (χ3n) is 4.76. The number of carbonyl (C=O) groups excluding carboxylic acids is 1. The molecule has 1 amide bonds. The third kappa shape index (κ3) is 3.68. The maximum absolute atomic E-state index is 12.7. The van der Waals surface area contributed by atoms with Crippen molar-refractivity contribution in [1.82, 2.24) is 9.21 Å². The Morgan fingerprint density at radius 1 is 1.19 bits per heavy atom. The molecule has 1 aromatic carbocycles. The Labute approximate surface area is 154 Å². The van der Waals surface area contributed by atoms with Gasteiger partial charge in [-0.15, -0.1) is 0 Å². The predicted octanol–water partition coefficient (Wildman–Crippen LogP) is 2.93. The molecule has 7 heteroatoms. The van der Waals surface area contributed by atoms with Crippen LogP contribution in [0.15, 0.2) is 45.7 Å². The van der Waals surface area contributed by atoms with Crippen LogP contribution in [0.3, 0.4) is 0 Å². The molecule has 2 aromatic rings. The fourth-order valence-corrected chi connectivity index (χ4v) is 3.87. The summed E-state index contributed by atoms with van der Waals surface area (Å²) in [6.07, 6.45) is 1.15. The summed E-state index contributed by atoms with van der Waals surface area (Å²) in [6, 6.07) is 9.97. The first kappa shape index (κ1) is 18.7. The first-order valence-electron chi connectivity index (χ1n) is 8.57. The van der Waals surface area contributed by atoms with Gasteiger partial charge < -0.3 is 9.32 Å². The Kier molecular flexibility index (Phi) is 4.94. The van der Waals surface area contributed by atoms with E-state index in [0.717, 1.165) is 22.2 Å². The number of rotatable bonds is 6. The van der Waals surface area contributed by atoms with Gasteiger partial charge in [-0.25, -0.2) is 12.7 Å². The molecule has 1 aromatic heterocycles. The summed E-state index contributed by atoms with van der Waals surface area (Å²) in [7, 11) is 1.03. The van der Waals surface area contributed by atoms with Gasteiger partial charge in [0.15, 0.2) is 0 Å². The Morgan fingerprint density at radius 3 is 2.50 bits per heavy atom. The van der Waals surface area contributed by atoms with E-state index in [-0.39, 0.29) is 10.8 Å². The zero-order valence-electron chi connectivity index (χ0n) is 15.5. The molecular formula is C19H24N2O4S. The van der Waals surface area contributed by atoms with E-state index in [0.29, 0.717) is 23.9 Å². The first-order chi connectivity index (χ1) is 12.2. The number of sulfonamides is 1. The van der Waals surface area contributed by atoms with Crippen molar-refractivity contribution in [3.63, 3.8) is 0 Å². The molecule has 6 nitrogen and oxygen atoms in total. The zero-order valence-corrected chi connectivity index (χ0v) is 16.3. The summed E-state index contributed by atoms with van der Waals surface area (Å²) >= 11 is 0. The third-order valence-corrected chi connectivity index (χ3v) is 6.57. The normalized spacial score (nSPS) is 19.6. The number of furan rings is 1. The average Bonchev–Trinajstić information content (AvgIpc) is 3.15. The van der Waals surface area contributed by atoms with Crippen molar-refractivity contribution < 1.29 is 17.6 Å². The molecule has 3 rings (SSSR count). The molecule has 0 spiro atoms. The lowest BCUT2D eigenvalue weighted by Crippen LogP contribution is -2.27. The smallest absolute Gasteiger partial charge is 0.254 e. The molecule has 2 atom stereocenters. The quantitative estimate of drug-likeness (QED) is 0.777. The topological polar surface area (TPSA) is 70.8 Å². The van der Waals surface area contributed by atoms with Crippen LogP contribution in [0.5, 0.6) is 0 Å². The van der Waals surface area contributed by atoms with Crippen LogP contribution in [-0.4, -0.2) is 44.7 Å². The summed E-state index contributed by atoms with van der Waals surface area (Å²) < 4.78 is 31.5. The lowest BCUT2D eigenvalue weighted by atomic mass is 10.2. The minimum absolute atomic E-state index is 0.102. The maximum atomic E-state index is 12.7. The van der Waals surface area contributed by atoms with E-state index >= 15 is 0 Å². The van der Waals surface area contributed by atoms with E-state index in [4.69, 9.17) is 4.42 Å². The van der Waals surface area contributed by atoms with Crippen LogP contribution in [0.2, 0.25) is 0 Å². The number of hydrogen-bond donors (Lipinski definition) is 0. The predicted molar refractivity (Wildman–Crippen MR) is 98.3 cm³/mol. The second-order valence-corrected chi connectivity index (χ2v) is 9.25. The molecule has 1 heterocycles. The van der Waals surface area contributed by atoms with Gasteiger partial charge in [-0.1, -0.05) is 13.0 Å². The van der Waals surface area contributed by atoms with Gasteiger partial charge in [0, 0.05) is 32.6 Å². The Hall–Kier alpha value is -2.12. The van der Waals surface area contributed by atoms with Crippen molar-refractivity contribution in [3.8, 4) is 0 Å². The van der Waals surface area contributed by atoms with Crippen molar-refractivity contribution in [2.24, 2.45) is 5.92 Å². The lowest BCUT2D eigenvalue weighted by molar-refractivity contribution is 0.0774. The minimum atomic E-state index is -3.58. The molecular weight excluding hydrogens is 352 g/mol. The zero-order chi connectivity index (χ0) is 19.1. The Morgan fingerprint density at radius 2 is 1.88 bits per heavy atom. The van der Waals surface area contributed by atoms with E-state index in [9.17, 15) is 13.2 Å². The first-order valence-corrected chi connectivity index (χ1v) is 10.0. The van der Waals surface area contributed by atoms with Gasteiger partial charge in [0.2, 0.25) is 10.0 Å². The number of hydrogen-bond acceptors (Lipinski definition) is 4. The summed E-state index contributed by atoms with van der Waals surface area (Å²) in [5, 5.41) is 0. The number of nitrogens with zero attached hydrogens (tertiary/aromatic N) is 2. The van der Waals surface area contributed by atoms with E-state index < -0.39 is 10.0 Å². The Balaban J connectivity index is 1.73. The molecule has 0 aliphatic heterocycles. The van der Waals surface area contributed by atoms with Gasteiger partial charge in [0.1, 0.15) is 11.5 Å². The molecule has 0 saturated heterocycles. The molecule has 140 valence electrons. The van der Waals surface area contributed by atoms with Gasteiger partial charge in [-0.2, -0.15) is 0 Å². The SMILES string of the molecule is CC1CC1c1ccc(CN(C)C(=O)c2cccc(S(=O)(=O)N(C)C)c2)o1. The summed E-state index contributed by atoms with van der Waals surface area (Å²) in [4.78, 5) is 14.3. The average molecular weight is 376 g/mol. The second-order valence-electron chi connectivity index (χ2n) is 7.10. The maximum Gasteiger partial charge on any atom is 0.254 e. The molecule has 26 heavy (non-hydrogen) atoms. The van der Waals surface area contributed by atoms with E-state index in [1.165, 1.54) is 31.1 Å². The molecule has 1 fully saturated rings. The van der Waals surface area contributed by atoms with Crippen molar-refractivity contribution in [1.29, 1.82) is 0 Å². The fraction of sp³-hybridized carbons (Fsp3) is 0.421. The minimum Gasteiger partial charge on any atom is -0.464 e. The summed E-state index contributed by atoms with van der Waals surface area (Å²) in [5.74, 6) is 2.62. The summed E-state index contributed by atoms with van der Waals surface area (Å²) in [5.41, 5.74) is 0.331. The number of benzene rings is 1. The highest BCUT2D eigenvalue weighted by molar-refractivity contribution is 7.89. The molecule has 1 saturated carbocycles. The summed E-state index contributed by atoms with van der Waals surface area (Å²) in [6.45, 7) is 2.53. The molecule has 1 aliphatic carbocycles. The number of amides is 1. The number of carbonyl (C=O) groups is 1. The lowest BCUT2D eigenvalue weighted by Gasteiger charge is -2.17. The second kappa shape index (κ2) is 6.89. The van der Waals surface area contributed by atoms with Crippen LogP contribution in [0.4, 0.5) is 0 Å². The van der Waals surface area contributed by atoms with Crippen LogP contribution in [0.25, 0.3) is 0 Å². The highest BCUT2D eigenvalue weighted by atomic mass is 32.2. The highest BCUT2D eigenvalue weighted by Gasteiger charge is 2.36. The van der Waals surface area contributed by atoms with Crippen LogP contribution in [0.1, 0.15) is 41.1 Å². The van der Waals surface area contributed by atoms with Gasteiger partial charge in [-0.3, -0.25) is 4.79 Å². The van der Waals surface area contributed by atoms with E-state index in [2.05, 4.69) is 6.92 Å². The van der Waals surface area contributed by atoms with E-state index in [1.54, 1.807) is 19.2 Å². The largest absolute Gasteiger partial charge is 0.464 e. The molecule has 0 radical (unpaired) electrons. The highest BCUT2D eigenvalue weighted by Crippen LogP contribution is 2.47. The molecule has 1 aliphatic rings. The van der Waals surface area contributed by atoms with Crippen molar-refractivity contribution >= 4 is 15.9 Å². The van der Waals surface area contributed by atoms with Crippen LogP contribution in [-0.2, 0) is 16.6 Å². The Bertz CT molecular complexity index is 917. The van der Waals surface area contributed by atoms with Crippen LogP contribution < -0.4 is 0 Å². The van der Waals surface area contributed by atoms with Gasteiger partial charge >= 0.3 is 0 Å². The van der Waals surface area contributed by atoms with Gasteiger partial charge in [0.25, 0.3) is 5.91 Å². The van der Waals surface area contributed by atoms with Crippen molar-refractivity contribution in [3.05, 3.63) is 53.5 Å². The fourth-order valence-electron chi connectivity index (χ4n) is 2.92. The molecule has 2 unspecified atom stereocenters. The van der Waals surface area contributed by atoms with Crippen molar-refractivity contribution in [2.45, 2.75) is 30.7 Å². The van der Waals surface area contributed by atoms with Crippen LogP contribution >= 0.6 is 0 Å². The van der Waals surface area contributed by atoms with Gasteiger partial charge in [-0.05, 0) is 42.7 Å². The molecule has 0 bridgehead atoms. The molecule has 0 N–H and O–H groups in total. The monoisotopic (exact) mass is 376 g/mol. The van der Waals surface area contributed by atoms with E-state index in [1.807, 2.05) is 12.1 Å².